The molecule has 0 spiro atoms. The summed E-state index contributed by atoms with van der Waals surface area (Å²) in [4.78, 5) is 22.2. The average Bonchev–Trinajstić information content (AvgIpc) is 2.41. The summed E-state index contributed by atoms with van der Waals surface area (Å²) in [5.74, 6) is -1.06. The van der Waals surface area contributed by atoms with Gasteiger partial charge < -0.3 is 15.7 Å². The van der Waals surface area contributed by atoms with Gasteiger partial charge in [0.1, 0.15) is 0 Å². The van der Waals surface area contributed by atoms with Gasteiger partial charge in [-0.15, -0.1) is 0 Å². The van der Waals surface area contributed by atoms with Gasteiger partial charge in [-0.1, -0.05) is 0 Å². The fraction of sp³-hybridized carbons (Fsp3) is 0.833. The molecule has 0 aromatic rings. The van der Waals surface area contributed by atoms with Crippen LogP contribution in [0.5, 0.6) is 0 Å². The van der Waals surface area contributed by atoms with Crippen molar-refractivity contribution < 1.29 is 27.9 Å². The van der Waals surface area contributed by atoms with E-state index in [1.54, 1.807) is 0 Å². The van der Waals surface area contributed by atoms with Crippen LogP contribution in [0.2, 0.25) is 0 Å². The highest BCUT2D eigenvalue weighted by Gasteiger charge is 2.28. The van der Waals surface area contributed by atoms with Crippen molar-refractivity contribution in [3.05, 3.63) is 0 Å². The summed E-state index contributed by atoms with van der Waals surface area (Å²) in [6.07, 6.45) is 2.68. The largest absolute Gasteiger partial charge is 0.481 e. The molecule has 1 aliphatic rings. The van der Waals surface area contributed by atoms with Crippen LogP contribution < -0.4 is 10.6 Å². The molecule has 0 aromatic carbocycles. The van der Waals surface area contributed by atoms with Crippen molar-refractivity contribution in [2.45, 2.75) is 31.2 Å². The number of carbonyl (C=O) groups is 2. The zero-order valence-electron chi connectivity index (χ0n) is 11.4. The molecular weight excluding hydrogens is 309 g/mol. The number of carboxylic acid groups (broad SMARTS) is 1. The van der Waals surface area contributed by atoms with E-state index in [2.05, 4.69) is 10.6 Å². The third kappa shape index (κ3) is 8.03. The van der Waals surface area contributed by atoms with Crippen LogP contribution in [0, 0.1) is 11.8 Å². The van der Waals surface area contributed by atoms with Crippen molar-refractivity contribution in [1.82, 2.24) is 10.6 Å². The maximum absolute atomic E-state index is 11.9. The molecule has 9 heteroatoms. The van der Waals surface area contributed by atoms with E-state index in [0.717, 1.165) is 12.8 Å². The van der Waals surface area contributed by atoms with Crippen LogP contribution in [0.3, 0.4) is 0 Å². The third-order valence-electron chi connectivity index (χ3n) is 3.40. The molecular formula is C12H19F3N2O3S. The topological polar surface area (TPSA) is 78.4 Å². The van der Waals surface area contributed by atoms with E-state index in [4.69, 9.17) is 5.11 Å². The average molecular weight is 328 g/mol. The predicted molar refractivity (Wildman–Crippen MR) is 73.0 cm³/mol. The molecule has 0 heterocycles. The van der Waals surface area contributed by atoms with Gasteiger partial charge >= 0.3 is 17.5 Å². The summed E-state index contributed by atoms with van der Waals surface area (Å²) in [7, 11) is 0. The van der Waals surface area contributed by atoms with Gasteiger partial charge in [0.05, 0.1) is 5.92 Å². The molecule has 1 saturated carbocycles. The Morgan fingerprint density at radius 1 is 1.14 bits per heavy atom. The van der Waals surface area contributed by atoms with E-state index in [1.165, 1.54) is 0 Å². The van der Waals surface area contributed by atoms with E-state index < -0.39 is 17.5 Å². The molecule has 0 bridgehead atoms. The van der Waals surface area contributed by atoms with Crippen LogP contribution in [0.4, 0.5) is 18.0 Å². The molecule has 122 valence electrons. The smallest absolute Gasteiger partial charge is 0.441 e. The Bertz CT molecular complexity index is 358. The van der Waals surface area contributed by atoms with Crippen molar-refractivity contribution >= 4 is 23.8 Å². The highest BCUT2D eigenvalue weighted by Crippen LogP contribution is 2.29. The highest BCUT2D eigenvalue weighted by atomic mass is 32.2. The maximum Gasteiger partial charge on any atom is 0.441 e. The number of carbonyl (C=O) groups excluding carboxylic acids is 1. The van der Waals surface area contributed by atoms with Crippen LogP contribution in [0.1, 0.15) is 25.7 Å². The first-order valence-corrected chi connectivity index (χ1v) is 7.71. The number of aliphatic carboxylic acids is 1. The Kier molecular flexibility index (Phi) is 7.13. The monoisotopic (exact) mass is 328 g/mol. The first-order valence-electron chi connectivity index (χ1n) is 6.73. The second kappa shape index (κ2) is 8.35. The molecule has 3 N–H and O–H groups in total. The quantitative estimate of drug-likeness (QED) is 0.654. The van der Waals surface area contributed by atoms with Gasteiger partial charge in [-0.2, -0.15) is 13.2 Å². The molecule has 21 heavy (non-hydrogen) atoms. The Morgan fingerprint density at radius 3 is 2.29 bits per heavy atom. The maximum atomic E-state index is 11.9. The van der Waals surface area contributed by atoms with Crippen LogP contribution in [0.15, 0.2) is 0 Å². The van der Waals surface area contributed by atoms with Crippen molar-refractivity contribution in [3.63, 3.8) is 0 Å². The van der Waals surface area contributed by atoms with Crippen molar-refractivity contribution in [3.8, 4) is 0 Å². The Hall–Kier alpha value is -1.12. The van der Waals surface area contributed by atoms with Gasteiger partial charge in [-0.3, -0.25) is 4.79 Å². The molecule has 1 aliphatic carbocycles. The first-order chi connectivity index (χ1) is 9.78. The fourth-order valence-electron chi connectivity index (χ4n) is 2.24. The lowest BCUT2D eigenvalue weighted by Crippen LogP contribution is -2.40. The number of nitrogens with one attached hydrogen (secondary N) is 2. The number of thioether (sulfide) groups is 1. The molecule has 0 saturated heterocycles. The molecule has 0 aromatic heterocycles. The van der Waals surface area contributed by atoms with Crippen LogP contribution in [-0.2, 0) is 4.79 Å². The zero-order valence-corrected chi connectivity index (χ0v) is 12.2. The fourth-order valence-corrected chi connectivity index (χ4v) is 2.68. The summed E-state index contributed by atoms with van der Waals surface area (Å²) < 4.78 is 35.6. The number of rotatable bonds is 6. The predicted octanol–water partition coefficient (Wildman–Crippen LogP) is 2.43. The lowest BCUT2D eigenvalue weighted by molar-refractivity contribution is -0.143. The van der Waals surface area contributed by atoms with Crippen molar-refractivity contribution in [1.29, 1.82) is 0 Å². The summed E-state index contributed by atoms with van der Waals surface area (Å²) in [5.41, 5.74) is -4.28. The minimum absolute atomic E-state index is 0.0538. The van der Waals surface area contributed by atoms with E-state index in [0.29, 0.717) is 19.4 Å². The van der Waals surface area contributed by atoms with E-state index in [-0.39, 0.29) is 35.9 Å². The van der Waals surface area contributed by atoms with Gasteiger partial charge in [0.25, 0.3) is 0 Å². The summed E-state index contributed by atoms with van der Waals surface area (Å²) in [6.45, 7) is 0.367. The standard InChI is InChI=1S/C12H19F3N2O3S/c13-12(14,15)21-6-5-16-11(20)17-7-8-1-3-9(4-2-8)10(18)19/h8-9H,1-7H2,(H,18,19)(H2,16,17,20). The van der Waals surface area contributed by atoms with Gasteiger partial charge in [0.15, 0.2) is 0 Å². The number of amides is 2. The van der Waals surface area contributed by atoms with Gasteiger partial charge in [-0.05, 0) is 43.4 Å². The molecule has 2 amide bonds. The van der Waals surface area contributed by atoms with E-state index in [1.807, 2.05) is 0 Å². The summed E-state index contributed by atoms with van der Waals surface area (Å²) in [6, 6.07) is -0.488. The minimum atomic E-state index is -4.28. The zero-order chi connectivity index (χ0) is 15.9. The number of halogens is 3. The summed E-state index contributed by atoms with van der Waals surface area (Å²) >= 11 is -0.173. The number of carboxylic acids is 1. The third-order valence-corrected chi connectivity index (χ3v) is 4.14. The lowest BCUT2D eigenvalue weighted by Gasteiger charge is -2.26. The van der Waals surface area contributed by atoms with Gasteiger partial charge in [0.2, 0.25) is 0 Å². The Morgan fingerprint density at radius 2 is 1.76 bits per heavy atom. The van der Waals surface area contributed by atoms with Crippen LogP contribution in [-0.4, -0.2) is 41.5 Å². The normalized spacial score (nSPS) is 22.6. The second-order valence-corrected chi connectivity index (χ2v) is 6.15. The highest BCUT2D eigenvalue weighted by molar-refractivity contribution is 8.00. The molecule has 0 atom stereocenters. The lowest BCUT2D eigenvalue weighted by atomic mass is 9.82. The molecule has 0 unspecified atom stereocenters. The number of urea groups is 1. The second-order valence-electron chi connectivity index (χ2n) is 4.99. The van der Waals surface area contributed by atoms with Gasteiger partial charge in [0, 0.05) is 18.8 Å². The van der Waals surface area contributed by atoms with Gasteiger partial charge in [-0.25, -0.2) is 4.79 Å². The van der Waals surface area contributed by atoms with Crippen LogP contribution >= 0.6 is 11.8 Å². The molecule has 0 aliphatic heterocycles. The minimum Gasteiger partial charge on any atom is -0.481 e. The summed E-state index contributed by atoms with van der Waals surface area (Å²) in [5, 5.41) is 13.8. The number of hydrogen-bond donors (Lipinski definition) is 3. The Balaban J connectivity index is 2.07. The van der Waals surface area contributed by atoms with E-state index in [9.17, 15) is 22.8 Å². The van der Waals surface area contributed by atoms with Crippen molar-refractivity contribution in [2.24, 2.45) is 11.8 Å². The van der Waals surface area contributed by atoms with Crippen molar-refractivity contribution in [2.75, 3.05) is 18.8 Å². The number of hydrogen-bond acceptors (Lipinski definition) is 3. The first kappa shape index (κ1) is 17.9. The Labute approximate surface area is 125 Å². The van der Waals surface area contributed by atoms with Crippen LogP contribution in [0.25, 0.3) is 0 Å². The SMILES string of the molecule is O=C(NCCSC(F)(F)F)NCC1CCC(C(=O)O)CC1. The molecule has 1 fully saturated rings. The molecule has 1 rings (SSSR count). The number of alkyl halides is 3. The van der Waals surface area contributed by atoms with E-state index >= 15 is 0 Å². The molecule has 0 radical (unpaired) electrons. The molecule has 5 nitrogen and oxygen atoms in total.